The molecule has 1 amide bonds. The van der Waals surface area contributed by atoms with Gasteiger partial charge in [0, 0.05) is 39.1 Å². The summed E-state index contributed by atoms with van der Waals surface area (Å²) in [7, 11) is 5.55. The fraction of sp³-hybridized carbons (Fsp3) is 0.600. The Bertz CT molecular complexity index is 418. The van der Waals surface area contributed by atoms with Crippen molar-refractivity contribution >= 4 is 5.91 Å². The molecule has 0 unspecified atom stereocenters. The second-order valence-corrected chi connectivity index (χ2v) is 5.61. The van der Waals surface area contributed by atoms with Gasteiger partial charge in [0.15, 0.2) is 0 Å². The summed E-state index contributed by atoms with van der Waals surface area (Å²) in [5.41, 5.74) is 0.209. The molecule has 0 radical (unpaired) electrons. The van der Waals surface area contributed by atoms with Gasteiger partial charge in [-0.25, -0.2) is 0 Å². The number of nitrogens with zero attached hydrogens (tertiary/aromatic N) is 3. The van der Waals surface area contributed by atoms with E-state index in [1.165, 1.54) is 0 Å². The average Bonchev–Trinajstić information content (AvgIpc) is 2.43. The Morgan fingerprint density at radius 2 is 2.05 bits per heavy atom. The van der Waals surface area contributed by atoms with Crippen LogP contribution in [0.2, 0.25) is 0 Å². The van der Waals surface area contributed by atoms with Crippen molar-refractivity contribution in [3.63, 3.8) is 0 Å². The minimum Gasteiger partial charge on any atom is -0.369 e. The number of methoxy groups -OCH3 is 1. The highest BCUT2D eigenvalue weighted by Crippen LogP contribution is 2.14. The van der Waals surface area contributed by atoms with E-state index in [9.17, 15) is 4.79 Å². The van der Waals surface area contributed by atoms with Crippen molar-refractivity contribution in [1.82, 2.24) is 14.8 Å². The Morgan fingerprint density at radius 1 is 1.35 bits per heavy atom. The van der Waals surface area contributed by atoms with Gasteiger partial charge in [0.25, 0.3) is 5.91 Å². The van der Waals surface area contributed by atoms with Gasteiger partial charge in [-0.1, -0.05) is 6.07 Å². The molecule has 0 aliphatic rings. The molecule has 0 spiro atoms. The molecular weight excluding hydrogens is 254 g/mol. The van der Waals surface area contributed by atoms with E-state index in [1.807, 2.05) is 31.1 Å². The summed E-state index contributed by atoms with van der Waals surface area (Å²) in [6.45, 7) is 5.61. The highest BCUT2D eigenvalue weighted by molar-refractivity contribution is 5.84. The van der Waals surface area contributed by atoms with Crippen LogP contribution in [0, 0.1) is 0 Å². The molecular formula is C15H25N3O2. The number of hydrogen-bond acceptors (Lipinski definition) is 4. The minimum absolute atomic E-state index is 0.00861. The Labute approximate surface area is 121 Å². The van der Waals surface area contributed by atoms with Crippen molar-refractivity contribution in [3.8, 4) is 0 Å². The molecule has 5 nitrogen and oxygen atoms in total. The van der Waals surface area contributed by atoms with Crippen LogP contribution in [0.4, 0.5) is 0 Å². The SMILES string of the molecule is COC(C)(C)C(=O)N(CCN(C)C)Cc1cccnc1. The van der Waals surface area contributed by atoms with Crippen LogP contribution in [0.3, 0.4) is 0 Å². The van der Waals surface area contributed by atoms with Gasteiger partial charge in [0.05, 0.1) is 0 Å². The van der Waals surface area contributed by atoms with E-state index in [4.69, 9.17) is 4.74 Å². The number of pyridine rings is 1. The van der Waals surface area contributed by atoms with Crippen molar-refractivity contribution in [1.29, 1.82) is 0 Å². The number of ether oxygens (including phenoxy) is 1. The second kappa shape index (κ2) is 7.36. The zero-order chi connectivity index (χ0) is 15.2. The third-order valence-electron chi connectivity index (χ3n) is 3.23. The Hall–Kier alpha value is -1.46. The van der Waals surface area contributed by atoms with Crippen molar-refractivity contribution in [2.75, 3.05) is 34.3 Å². The van der Waals surface area contributed by atoms with Gasteiger partial charge in [-0.05, 0) is 39.6 Å². The summed E-state index contributed by atoms with van der Waals surface area (Å²) in [5.74, 6) is -0.00861. The van der Waals surface area contributed by atoms with E-state index in [2.05, 4.69) is 9.88 Å². The van der Waals surface area contributed by atoms with Gasteiger partial charge in [0.1, 0.15) is 5.60 Å². The van der Waals surface area contributed by atoms with Crippen molar-refractivity contribution < 1.29 is 9.53 Å². The van der Waals surface area contributed by atoms with E-state index in [0.717, 1.165) is 12.1 Å². The molecule has 0 saturated carbocycles. The average molecular weight is 279 g/mol. The van der Waals surface area contributed by atoms with Crippen LogP contribution in [0.15, 0.2) is 24.5 Å². The summed E-state index contributed by atoms with van der Waals surface area (Å²) in [6, 6.07) is 3.86. The second-order valence-electron chi connectivity index (χ2n) is 5.61. The van der Waals surface area contributed by atoms with Crippen LogP contribution in [-0.4, -0.2) is 60.6 Å². The van der Waals surface area contributed by atoms with Gasteiger partial charge in [-0.2, -0.15) is 0 Å². The Kier molecular flexibility index (Phi) is 6.10. The molecule has 0 atom stereocenters. The maximum atomic E-state index is 12.6. The number of hydrogen-bond donors (Lipinski definition) is 0. The molecule has 0 N–H and O–H groups in total. The zero-order valence-corrected chi connectivity index (χ0v) is 13.1. The van der Waals surface area contributed by atoms with E-state index in [-0.39, 0.29) is 5.91 Å². The van der Waals surface area contributed by atoms with Gasteiger partial charge in [-0.3, -0.25) is 9.78 Å². The molecule has 0 saturated heterocycles. The smallest absolute Gasteiger partial charge is 0.254 e. The van der Waals surface area contributed by atoms with Gasteiger partial charge < -0.3 is 14.5 Å². The number of rotatable bonds is 7. The first-order chi connectivity index (χ1) is 9.36. The fourth-order valence-electron chi connectivity index (χ4n) is 1.75. The molecule has 20 heavy (non-hydrogen) atoms. The fourth-order valence-corrected chi connectivity index (χ4v) is 1.75. The van der Waals surface area contributed by atoms with E-state index < -0.39 is 5.60 Å². The lowest BCUT2D eigenvalue weighted by molar-refractivity contribution is -0.151. The van der Waals surface area contributed by atoms with E-state index >= 15 is 0 Å². The first-order valence-corrected chi connectivity index (χ1v) is 6.75. The molecule has 0 aliphatic heterocycles. The van der Waals surface area contributed by atoms with Gasteiger partial charge in [-0.15, -0.1) is 0 Å². The van der Waals surface area contributed by atoms with Gasteiger partial charge in [0.2, 0.25) is 0 Å². The number of amides is 1. The number of likely N-dealkylation sites (N-methyl/N-ethyl adjacent to an activating group) is 1. The molecule has 0 aliphatic carbocycles. The number of carbonyl (C=O) groups is 1. The highest BCUT2D eigenvalue weighted by Gasteiger charge is 2.31. The van der Waals surface area contributed by atoms with Crippen molar-refractivity contribution in [3.05, 3.63) is 30.1 Å². The van der Waals surface area contributed by atoms with Crippen LogP contribution in [-0.2, 0) is 16.1 Å². The topological polar surface area (TPSA) is 45.7 Å². The molecule has 0 fully saturated rings. The first kappa shape index (κ1) is 16.6. The predicted molar refractivity (Wildman–Crippen MR) is 79.3 cm³/mol. The molecule has 1 heterocycles. The standard InChI is InChI=1S/C15H25N3O2/c1-15(2,20-5)14(19)18(10-9-17(3)4)12-13-7-6-8-16-11-13/h6-8,11H,9-10,12H2,1-5H3. The summed E-state index contributed by atoms with van der Waals surface area (Å²) < 4.78 is 5.30. The van der Waals surface area contributed by atoms with Crippen LogP contribution >= 0.6 is 0 Å². The normalized spacial score (nSPS) is 11.7. The van der Waals surface area contributed by atoms with E-state index in [0.29, 0.717) is 13.1 Å². The molecule has 0 aromatic carbocycles. The van der Waals surface area contributed by atoms with Crippen LogP contribution in [0.25, 0.3) is 0 Å². The summed E-state index contributed by atoms with van der Waals surface area (Å²) >= 11 is 0. The van der Waals surface area contributed by atoms with Crippen molar-refractivity contribution in [2.45, 2.75) is 26.0 Å². The van der Waals surface area contributed by atoms with E-state index in [1.54, 1.807) is 33.4 Å². The Morgan fingerprint density at radius 3 is 2.55 bits per heavy atom. The largest absolute Gasteiger partial charge is 0.369 e. The summed E-state index contributed by atoms with van der Waals surface area (Å²) in [5, 5.41) is 0. The van der Waals surface area contributed by atoms with Crippen LogP contribution in [0.1, 0.15) is 19.4 Å². The third-order valence-corrected chi connectivity index (χ3v) is 3.23. The lowest BCUT2D eigenvalue weighted by Gasteiger charge is -2.31. The molecule has 1 aromatic rings. The van der Waals surface area contributed by atoms with Gasteiger partial charge >= 0.3 is 0 Å². The first-order valence-electron chi connectivity index (χ1n) is 6.75. The van der Waals surface area contributed by atoms with Crippen LogP contribution in [0.5, 0.6) is 0 Å². The zero-order valence-electron chi connectivity index (χ0n) is 13.1. The third kappa shape index (κ3) is 4.90. The highest BCUT2D eigenvalue weighted by atomic mass is 16.5. The molecule has 112 valence electrons. The maximum absolute atomic E-state index is 12.6. The quantitative estimate of drug-likeness (QED) is 0.757. The summed E-state index contributed by atoms with van der Waals surface area (Å²) in [4.78, 5) is 20.5. The lowest BCUT2D eigenvalue weighted by Crippen LogP contribution is -2.48. The molecule has 0 bridgehead atoms. The number of aromatic nitrogens is 1. The monoisotopic (exact) mass is 279 g/mol. The molecule has 1 rings (SSSR count). The van der Waals surface area contributed by atoms with Crippen LogP contribution < -0.4 is 0 Å². The Balaban J connectivity index is 2.82. The molecule has 5 heteroatoms. The lowest BCUT2D eigenvalue weighted by atomic mass is 10.1. The molecule has 1 aromatic heterocycles. The minimum atomic E-state index is -0.811. The van der Waals surface area contributed by atoms with Crippen molar-refractivity contribution in [2.24, 2.45) is 0 Å². The predicted octanol–water partition coefficient (Wildman–Crippen LogP) is 1.40. The summed E-state index contributed by atoms with van der Waals surface area (Å²) in [6.07, 6.45) is 3.52. The maximum Gasteiger partial charge on any atom is 0.254 e. The number of carbonyl (C=O) groups excluding carboxylic acids is 1.